The van der Waals surface area contributed by atoms with Crippen molar-refractivity contribution in [1.82, 2.24) is 0 Å². The Kier molecular flexibility index (Phi) is 3.56. The van der Waals surface area contributed by atoms with E-state index in [1.165, 1.54) is 0 Å². The third-order valence-electron chi connectivity index (χ3n) is 2.40. The van der Waals surface area contributed by atoms with Crippen LogP contribution in [0.2, 0.25) is 0 Å². The summed E-state index contributed by atoms with van der Waals surface area (Å²) in [6.45, 7) is 14.2. The van der Waals surface area contributed by atoms with Crippen molar-refractivity contribution in [3.63, 3.8) is 0 Å². The Morgan fingerprint density at radius 3 is 1.54 bits per heavy atom. The van der Waals surface area contributed by atoms with Gasteiger partial charge >= 0.3 is 0 Å². The molecule has 0 amide bonds. The van der Waals surface area contributed by atoms with Crippen LogP contribution >= 0.6 is 0 Å². The van der Waals surface area contributed by atoms with Crippen LogP contribution in [0.25, 0.3) is 0 Å². The van der Waals surface area contributed by atoms with E-state index in [2.05, 4.69) is 0 Å². The summed E-state index contributed by atoms with van der Waals surface area (Å²) in [7, 11) is 0. The smallest absolute Gasteiger partial charge is 0.0900 e. The van der Waals surface area contributed by atoms with Gasteiger partial charge in [-0.1, -0.05) is 20.8 Å². The summed E-state index contributed by atoms with van der Waals surface area (Å²) < 4.78 is 5.57. The Balaban J connectivity index is 4.21. The lowest BCUT2D eigenvalue weighted by Gasteiger charge is -2.38. The molecule has 0 aliphatic heterocycles. The molecule has 1 N–H and O–H groups in total. The number of ether oxygens (including phenoxy) is 1. The van der Waals surface area contributed by atoms with Gasteiger partial charge in [-0.05, 0) is 33.1 Å². The van der Waals surface area contributed by atoms with Gasteiger partial charge in [-0.25, -0.2) is 0 Å². The molecule has 0 aliphatic carbocycles. The van der Waals surface area contributed by atoms with Crippen LogP contribution in [0.15, 0.2) is 0 Å². The Hall–Kier alpha value is -0.0800. The number of rotatable bonds is 2. The lowest BCUT2D eigenvalue weighted by atomic mass is 9.78. The SMILES string of the molecule is CC(C)(C)OCC(C)(O)C(C)(C)C. The average Bonchev–Trinajstić information content (AvgIpc) is 1.79. The predicted molar refractivity (Wildman–Crippen MR) is 55.8 cm³/mol. The Morgan fingerprint density at radius 2 is 1.31 bits per heavy atom. The first kappa shape index (κ1) is 12.9. The Labute approximate surface area is 82.3 Å². The fourth-order valence-electron chi connectivity index (χ4n) is 0.574. The molecule has 2 nitrogen and oxygen atoms in total. The third-order valence-corrected chi connectivity index (χ3v) is 2.40. The highest BCUT2D eigenvalue weighted by atomic mass is 16.5. The van der Waals surface area contributed by atoms with Gasteiger partial charge in [0.15, 0.2) is 0 Å². The van der Waals surface area contributed by atoms with E-state index in [1.54, 1.807) is 0 Å². The van der Waals surface area contributed by atoms with Gasteiger partial charge in [-0.3, -0.25) is 0 Å². The van der Waals surface area contributed by atoms with Crippen molar-refractivity contribution in [2.75, 3.05) is 6.61 Å². The molecule has 0 fully saturated rings. The van der Waals surface area contributed by atoms with E-state index in [0.717, 1.165) is 0 Å². The highest BCUT2D eigenvalue weighted by Gasteiger charge is 2.36. The first-order chi connectivity index (χ1) is 5.46. The Bertz CT molecular complexity index is 158. The largest absolute Gasteiger partial charge is 0.387 e. The van der Waals surface area contributed by atoms with E-state index in [-0.39, 0.29) is 11.0 Å². The molecular formula is C11H24O2. The van der Waals surface area contributed by atoms with E-state index in [4.69, 9.17) is 4.74 Å². The van der Waals surface area contributed by atoms with E-state index >= 15 is 0 Å². The van der Waals surface area contributed by atoms with Crippen molar-refractivity contribution in [2.24, 2.45) is 5.41 Å². The van der Waals surface area contributed by atoms with E-state index < -0.39 is 5.60 Å². The van der Waals surface area contributed by atoms with Gasteiger partial charge in [-0.15, -0.1) is 0 Å². The molecule has 1 unspecified atom stereocenters. The maximum absolute atomic E-state index is 10.1. The van der Waals surface area contributed by atoms with E-state index in [0.29, 0.717) is 6.61 Å². The number of hydrogen-bond acceptors (Lipinski definition) is 2. The van der Waals surface area contributed by atoms with E-state index in [1.807, 2.05) is 48.5 Å². The highest BCUT2D eigenvalue weighted by Crippen LogP contribution is 2.30. The Morgan fingerprint density at radius 1 is 0.923 bits per heavy atom. The second-order valence-corrected chi connectivity index (χ2v) is 5.92. The van der Waals surface area contributed by atoms with Crippen LogP contribution in [-0.4, -0.2) is 22.9 Å². The van der Waals surface area contributed by atoms with Gasteiger partial charge in [0.25, 0.3) is 0 Å². The molecule has 0 rings (SSSR count). The predicted octanol–water partition coefficient (Wildman–Crippen LogP) is 2.60. The highest BCUT2D eigenvalue weighted by molar-refractivity contribution is 4.86. The molecule has 0 aromatic rings. The van der Waals surface area contributed by atoms with Crippen molar-refractivity contribution in [3.05, 3.63) is 0 Å². The summed E-state index contributed by atoms with van der Waals surface area (Å²) in [5.41, 5.74) is -1.12. The molecule has 1 atom stereocenters. The fraction of sp³-hybridized carbons (Fsp3) is 1.00. The van der Waals surface area contributed by atoms with Crippen molar-refractivity contribution < 1.29 is 9.84 Å². The van der Waals surface area contributed by atoms with Gasteiger partial charge in [0.05, 0.1) is 17.8 Å². The lowest BCUT2D eigenvalue weighted by Crippen LogP contribution is -2.45. The zero-order valence-electron chi connectivity index (χ0n) is 10.1. The molecule has 0 heterocycles. The van der Waals surface area contributed by atoms with Crippen LogP contribution < -0.4 is 0 Å². The minimum atomic E-state index is -0.777. The second-order valence-electron chi connectivity index (χ2n) is 5.92. The van der Waals surface area contributed by atoms with Gasteiger partial charge in [0.2, 0.25) is 0 Å². The monoisotopic (exact) mass is 188 g/mol. The number of aliphatic hydroxyl groups is 1. The van der Waals surface area contributed by atoms with Crippen LogP contribution in [0.3, 0.4) is 0 Å². The van der Waals surface area contributed by atoms with Crippen LogP contribution in [0, 0.1) is 5.41 Å². The van der Waals surface area contributed by atoms with Crippen LogP contribution in [-0.2, 0) is 4.74 Å². The third kappa shape index (κ3) is 4.63. The lowest BCUT2D eigenvalue weighted by molar-refractivity contribution is -0.135. The van der Waals surface area contributed by atoms with Crippen LogP contribution in [0.1, 0.15) is 48.5 Å². The maximum Gasteiger partial charge on any atom is 0.0900 e. The molecule has 2 heteroatoms. The fourth-order valence-corrected chi connectivity index (χ4v) is 0.574. The molecule has 0 bridgehead atoms. The zero-order valence-corrected chi connectivity index (χ0v) is 10.1. The van der Waals surface area contributed by atoms with Crippen molar-refractivity contribution in [1.29, 1.82) is 0 Å². The molecular weight excluding hydrogens is 164 g/mol. The molecule has 0 radical (unpaired) electrons. The molecule has 0 saturated carbocycles. The van der Waals surface area contributed by atoms with E-state index in [9.17, 15) is 5.11 Å². The molecule has 0 aromatic heterocycles. The summed E-state index contributed by atoms with van der Waals surface area (Å²) in [5, 5.41) is 10.1. The topological polar surface area (TPSA) is 29.5 Å². The van der Waals surface area contributed by atoms with Gasteiger partial charge in [0.1, 0.15) is 0 Å². The average molecular weight is 188 g/mol. The summed E-state index contributed by atoms with van der Waals surface area (Å²) in [4.78, 5) is 0. The van der Waals surface area contributed by atoms with Crippen molar-refractivity contribution in [2.45, 2.75) is 59.7 Å². The molecule has 0 aromatic carbocycles. The normalized spacial score (nSPS) is 18.5. The molecule has 0 aliphatic rings. The first-order valence-corrected chi connectivity index (χ1v) is 4.82. The van der Waals surface area contributed by atoms with Gasteiger partial charge in [-0.2, -0.15) is 0 Å². The maximum atomic E-state index is 10.1. The standard InChI is InChI=1S/C11H24O2/c1-9(2,3)11(7,12)8-13-10(4,5)6/h12H,8H2,1-7H3. The van der Waals surface area contributed by atoms with Crippen LogP contribution in [0.4, 0.5) is 0 Å². The summed E-state index contributed by atoms with van der Waals surface area (Å²) in [5.74, 6) is 0. The number of hydrogen-bond donors (Lipinski definition) is 1. The summed E-state index contributed by atoms with van der Waals surface area (Å²) in [6, 6.07) is 0. The zero-order chi connectivity index (χ0) is 10.9. The van der Waals surface area contributed by atoms with Gasteiger partial charge < -0.3 is 9.84 Å². The second kappa shape index (κ2) is 3.58. The van der Waals surface area contributed by atoms with Crippen molar-refractivity contribution >= 4 is 0 Å². The summed E-state index contributed by atoms with van der Waals surface area (Å²) >= 11 is 0. The molecule has 0 spiro atoms. The molecule has 80 valence electrons. The van der Waals surface area contributed by atoms with Crippen molar-refractivity contribution in [3.8, 4) is 0 Å². The minimum absolute atomic E-state index is 0.155. The summed E-state index contributed by atoms with van der Waals surface area (Å²) in [6.07, 6.45) is 0. The van der Waals surface area contributed by atoms with Gasteiger partial charge in [0, 0.05) is 0 Å². The van der Waals surface area contributed by atoms with Crippen LogP contribution in [0.5, 0.6) is 0 Å². The molecule has 13 heavy (non-hydrogen) atoms. The minimum Gasteiger partial charge on any atom is -0.387 e. The molecule has 0 saturated heterocycles. The first-order valence-electron chi connectivity index (χ1n) is 4.82. The quantitative estimate of drug-likeness (QED) is 0.721.